The molecule has 2 aromatic heterocycles. The number of fused-ring (bicyclic) bond motifs is 1. The highest BCUT2D eigenvalue weighted by Gasteiger charge is 2.54. The molecule has 4 rings (SSSR count). The average Bonchev–Trinajstić information content (AvgIpc) is 3.39. The van der Waals surface area contributed by atoms with Gasteiger partial charge in [-0.2, -0.15) is 5.10 Å². The summed E-state index contributed by atoms with van der Waals surface area (Å²) in [6.45, 7) is 0. The molecule has 12 nitrogen and oxygen atoms in total. The minimum atomic E-state index is -1.22. The first-order chi connectivity index (χ1) is 15.3. The van der Waals surface area contributed by atoms with Gasteiger partial charge in [-0.05, 0) is 15.9 Å². The van der Waals surface area contributed by atoms with Crippen LogP contribution in [0.2, 0.25) is 0 Å². The van der Waals surface area contributed by atoms with Crippen molar-refractivity contribution in [3.63, 3.8) is 0 Å². The van der Waals surface area contributed by atoms with E-state index in [1.165, 1.54) is 28.4 Å². The van der Waals surface area contributed by atoms with E-state index in [1.54, 1.807) is 12.4 Å². The number of H-pyrrole nitrogens is 1. The van der Waals surface area contributed by atoms with Crippen LogP contribution in [0.3, 0.4) is 0 Å². The summed E-state index contributed by atoms with van der Waals surface area (Å²) in [6, 6.07) is -0.978. The molecule has 4 heterocycles. The Balaban J connectivity index is 1.49. The van der Waals surface area contributed by atoms with Gasteiger partial charge < -0.3 is 21.4 Å². The number of oxime groups is 1. The van der Waals surface area contributed by atoms with Crippen molar-refractivity contribution < 1.29 is 24.7 Å². The lowest BCUT2D eigenvalue weighted by Gasteiger charge is -2.49. The van der Waals surface area contributed by atoms with Crippen molar-refractivity contribution >= 4 is 79.4 Å². The van der Waals surface area contributed by atoms with Gasteiger partial charge in [0.05, 0.1) is 6.20 Å². The van der Waals surface area contributed by atoms with Gasteiger partial charge in [-0.1, -0.05) is 16.5 Å². The molecule has 2 amide bonds. The number of amides is 2. The number of carboxylic acids is 1. The van der Waals surface area contributed by atoms with E-state index >= 15 is 0 Å². The molecule has 2 aliphatic heterocycles. The van der Waals surface area contributed by atoms with Crippen LogP contribution in [0.5, 0.6) is 0 Å². The highest BCUT2D eigenvalue weighted by atomic mass is 79.9. The van der Waals surface area contributed by atoms with E-state index in [-0.39, 0.29) is 16.5 Å². The predicted molar refractivity (Wildman–Crippen MR) is 122 cm³/mol. The first-order valence-electron chi connectivity index (χ1n) is 8.78. The van der Waals surface area contributed by atoms with Crippen molar-refractivity contribution in [2.24, 2.45) is 5.16 Å². The molecule has 2 aliphatic rings. The van der Waals surface area contributed by atoms with E-state index in [9.17, 15) is 24.7 Å². The summed E-state index contributed by atoms with van der Waals surface area (Å²) in [5, 5.41) is 30.6. The summed E-state index contributed by atoms with van der Waals surface area (Å²) in [7, 11) is 0. The second-order valence-electron chi connectivity index (χ2n) is 6.46. The maximum Gasteiger partial charge on any atom is 0.353 e. The number of nitrogen functional groups attached to an aromatic ring is 1. The number of nitrogens with two attached hydrogens (primary N) is 1. The fourth-order valence-corrected chi connectivity index (χ4v) is 6.99. The average molecular weight is 560 g/mol. The third kappa shape index (κ3) is 4.10. The highest BCUT2D eigenvalue weighted by Crippen LogP contribution is 2.44. The Kier molecular flexibility index (Phi) is 6.45. The number of nitrogens with zero attached hydrogens (tertiary/aromatic N) is 4. The first kappa shape index (κ1) is 22.6. The summed E-state index contributed by atoms with van der Waals surface area (Å²) in [5.74, 6) is -1.76. The number of thioether (sulfide) groups is 2. The van der Waals surface area contributed by atoms with E-state index in [2.05, 4.69) is 41.6 Å². The molecule has 2 atom stereocenters. The number of carboxylic acid groups (broad SMARTS) is 1. The lowest BCUT2D eigenvalue weighted by atomic mass is 10.0. The van der Waals surface area contributed by atoms with Crippen LogP contribution in [-0.4, -0.2) is 71.1 Å². The van der Waals surface area contributed by atoms with Gasteiger partial charge in [-0.3, -0.25) is 19.6 Å². The lowest BCUT2D eigenvalue weighted by molar-refractivity contribution is -0.150. The van der Waals surface area contributed by atoms with Crippen molar-refractivity contribution in [2.75, 3.05) is 11.5 Å². The fraction of sp³-hybridized carbons (Fsp3) is 0.250. The van der Waals surface area contributed by atoms with Gasteiger partial charge in [0.2, 0.25) is 0 Å². The van der Waals surface area contributed by atoms with E-state index in [1.807, 2.05) is 0 Å². The van der Waals surface area contributed by atoms with E-state index in [0.29, 0.717) is 20.2 Å². The zero-order valence-electron chi connectivity index (χ0n) is 15.8. The van der Waals surface area contributed by atoms with E-state index < -0.39 is 34.9 Å². The molecule has 1 fully saturated rings. The monoisotopic (exact) mass is 559 g/mol. The van der Waals surface area contributed by atoms with Crippen LogP contribution < -0.4 is 11.1 Å². The Morgan fingerprint density at radius 3 is 2.88 bits per heavy atom. The first-order valence-corrected chi connectivity index (χ1v) is 12.4. The minimum absolute atomic E-state index is 0.0384. The SMILES string of the molecule is Nc1nc(/C(=N/O)C(=O)N[C@@H]2C(=O)N3C(C(=O)O)=C(SCc4cn[nH]c4)CS[C@@H]23)c(Br)s1. The molecule has 1 saturated heterocycles. The van der Waals surface area contributed by atoms with Crippen LogP contribution in [0.15, 0.2) is 31.9 Å². The smallest absolute Gasteiger partial charge is 0.353 e. The fourth-order valence-electron chi connectivity index (χ4n) is 3.10. The van der Waals surface area contributed by atoms with Crippen molar-refractivity contribution in [1.82, 2.24) is 25.4 Å². The van der Waals surface area contributed by atoms with Gasteiger partial charge in [0.1, 0.15) is 26.6 Å². The second-order valence-corrected chi connectivity index (χ2v) is 11.0. The number of aromatic amines is 1. The molecular formula is C16H14BrN7O5S3. The molecule has 0 saturated carbocycles. The second kappa shape index (κ2) is 9.13. The number of rotatable bonds is 7. The van der Waals surface area contributed by atoms with E-state index in [0.717, 1.165) is 16.9 Å². The summed E-state index contributed by atoms with van der Waals surface area (Å²) < 4.78 is 0.391. The Hall–Kier alpha value is -2.56. The minimum Gasteiger partial charge on any atom is -0.477 e. The topological polar surface area (TPSA) is 187 Å². The van der Waals surface area contributed by atoms with Gasteiger partial charge in [0, 0.05) is 28.2 Å². The van der Waals surface area contributed by atoms with Crippen molar-refractivity contribution in [3.05, 3.63) is 38.0 Å². The zero-order chi connectivity index (χ0) is 23.0. The molecule has 168 valence electrons. The predicted octanol–water partition coefficient (Wildman–Crippen LogP) is 1.02. The van der Waals surface area contributed by atoms with Gasteiger partial charge in [0.25, 0.3) is 11.8 Å². The number of anilines is 1. The van der Waals surface area contributed by atoms with Gasteiger partial charge in [-0.25, -0.2) is 9.78 Å². The number of carbonyl (C=O) groups is 3. The number of β-lactam (4-membered cyclic amide) rings is 1. The Labute approximate surface area is 200 Å². The van der Waals surface area contributed by atoms with Gasteiger partial charge >= 0.3 is 5.97 Å². The maximum absolute atomic E-state index is 12.8. The quantitative estimate of drug-likeness (QED) is 0.142. The molecule has 16 heteroatoms. The lowest BCUT2D eigenvalue weighted by Crippen LogP contribution is -2.71. The molecule has 0 radical (unpaired) electrons. The summed E-state index contributed by atoms with van der Waals surface area (Å²) >= 11 is 6.90. The highest BCUT2D eigenvalue weighted by molar-refractivity contribution is 9.11. The standard InChI is InChI=1S/C16H14BrN7O5S3/c17-11-7(22-16(18)32-11)8(23-29)12(25)21-9-13(26)24-10(15(27)28)6(4-31-14(9)24)30-3-5-1-19-20-2-5/h1-2,9,14,29H,3-4H2,(H2,18,22)(H,19,20)(H,21,25)(H,27,28)/b23-8-/t9-,14+/m1/s1. The van der Waals surface area contributed by atoms with Gasteiger partial charge in [0.15, 0.2) is 10.8 Å². The molecule has 6 N–H and O–H groups in total. The Morgan fingerprint density at radius 1 is 1.50 bits per heavy atom. The number of halogens is 1. The molecule has 0 aliphatic carbocycles. The van der Waals surface area contributed by atoms with Crippen LogP contribution in [0.25, 0.3) is 0 Å². The zero-order valence-corrected chi connectivity index (χ0v) is 19.8. The number of aromatic nitrogens is 3. The van der Waals surface area contributed by atoms with Gasteiger partial charge in [-0.15, -0.1) is 23.5 Å². The molecule has 0 unspecified atom stereocenters. The normalized spacial score (nSPS) is 20.7. The number of hydrogen-bond donors (Lipinski definition) is 5. The van der Waals surface area contributed by atoms with Crippen LogP contribution in [0.4, 0.5) is 5.13 Å². The molecule has 2 aromatic rings. The maximum atomic E-state index is 12.8. The van der Waals surface area contributed by atoms with Crippen LogP contribution in [0, 0.1) is 0 Å². The molecular weight excluding hydrogens is 546 g/mol. The van der Waals surface area contributed by atoms with Crippen molar-refractivity contribution in [1.29, 1.82) is 0 Å². The van der Waals surface area contributed by atoms with Crippen LogP contribution >= 0.6 is 50.8 Å². The third-order valence-electron chi connectivity index (χ3n) is 4.53. The third-order valence-corrected chi connectivity index (χ3v) is 8.69. The van der Waals surface area contributed by atoms with Crippen LogP contribution in [-0.2, 0) is 20.1 Å². The Morgan fingerprint density at radius 2 is 2.28 bits per heavy atom. The number of nitrogens with one attached hydrogen (secondary N) is 2. The summed E-state index contributed by atoms with van der Waals surface area (Å²) in [6.07, 6.45) is 3.35. The van der Waals surface area contributed by atoms with Crippen molar-refractivity contribution in [3.8, 4) is 0 Å². The van der Waals surface area contributed by atoms with Crippen molar-refractivity contribution in [2.45, 2.75) is 17.2 Å². The Bertz CT molecular complexity index is 1150. The van der Waals surface area contributed by atoms with E-state index in [4.69, 9.17) is 5.73 Å². The number of aliphatic carboxylic acids is 1. The van der Waals surface area contributed by atoms with Crippen LogP contribution in [0.1, 0.15) is 11.3 Å². The number of thiazole rings is 1. The number of hydrogen-bond acceptors (Lipinski definition) is 11. The number of carbonyl (C=O) groups excluding carboxylic acids is 2. The largest absolute Gasteiger partial charge is 0.477 e. The molecule has 0 bridgehead atoms. The molecule has 0 aromatic carbocycles. The summed E-state index contributed by atoms with van der Waals surface area (Å²) in [4.78, 5) is 43.0. The molecule has 32 heavy (non-hydrogen) atoms. The summed E-state index contributed by atoms with van der Waals surface area (Å²) in [5.41, 5.74) is 6.03. The molecule has 0 spiro atoms.